The molecule has 12 nitrogen and oxygen atoms in total. The molecule has 164 valence electrons. The summed E-state index contributed by atoms with van der Waals surface area (Å²) in [6, 6.07) is 8.58. The lowest BCUT2D eigenvalue weighted by molar-refractivity contribution is -0.382. The van der Waals surface area contributed by atoms with Gasteiger partial charge in [-0.15, -0.1) is 0 Å². The molecule has 0 aliphatic carbocycles. The number of benzene rings is 2. The first-order valence-electron chi connectivity index (χ1n) is 8.95. The summed E-state index contributed by atoms with van der Waals surface area (Å²) in [5.41, 5.74) is 1.23. The number of fused-ring (bicyclic) bond motifs is 1. The quantitative estimate of drug-likeness (QED) is 0.309. The largest absolute Gasteiger partial charge is 0.350 e. The molecule has 0 spiro atoms. The maximum atomic E-state index is 12.7. The van der Waals surface area contributed by atoms with Gasteiger partial charge in [-0.3, -0.25) is 10.1 Å². The van der Waals surface area contributed by atoms with Crippen LogP contribution in [0.4, 0.5) is 23.0 Å². The monoisotopic (exact) mass is 475 g/mol. The van der Waals surface area contributed by atoms with Crippen molar-refractivity contribution in [1.82, 2.24) is 20.3 Å². The van der Waals surface area contributed by atoms with Gasteiger partial charge in [0.2, 0.25) is 11.5 Å². The number of halogens is 1. The molecule has 0 aliphatic rings. The summed E-state index contributed by atoms with van der Waals surface area (Å²) < 4.78 is 32.2. The smallest absolute Gasteiger partial charge is 0.324 e. The van der Waals surface area contributed by atoms with Crippen LogP contribution in [0.5, 0.6) is 0 Å². The van der Waals surface area contributed by atoms with Gasteiger partial charge in [0.25, 0.3) is 10.0 Å². The number of hydrogen-bond acceptors (Lipinski definition) is 10. The summed E-state index contributed by atoms with van der Waals surface area (Å²) >= 11 is 6.11. The lowest BCUT2D eigenvalue weighted by Gasteiger charge is -2.10. The van der Waals surface area contributed by atoms with Crippen LogP contribution in [0.15, 0.2) is 45.9 Å². The number of sulfonamides is 1. The Labute approximate surface area is 185 Å². The van der Waals surface area contributed by atoms with Crippen LogP contribution in [0.25, 0.3) is 11.0 Å². The predicted octanol–water partition coefficient (Wildman–Crippen LogP) is 3.74. The van der Waals surface area contributed by atoms with Crippen molar-refractivity contribution >= 4 is 55.7 Å². The average Bonchev–Trinajstić information content (AvgIpc) is 3.17. The Hall–Kier alpha value is -3.84. The summed E-state index contributed by atoms with van der Waals surface area (Å²) in [4.78, 5) is 19.0. The Morgan fingerprint density at radius 2 is 1.66 bits per heavy atom. The van der Waals surface area contributed by atoms with Crippen molar-refractivity contribution in [3.05, 3.63) is 62.9 Å². The molecule has 0 fully saturated rings. The van der Waals surface area contributed by atoms with Gasteiger partial charge >= 0.3 is 5.69 Å². The number of nitro benzene ring substituents is 1. The summed E-state index contributed by atoms with van der Waals surface area (Å²) in [7, 11) is -3.95. The number of hydrogen-bond donors (Lipinski definition) is 2. The Morgan fingerprint density at radius 3 is 2.28 bits per heavy atom. The molecule has 4 aromatic rings. The fourth-order valence-electron chi connectivity index (χ4n) is 3.00. The van der Waals surface area contributed by atoms with Gasteiger partial charge in [0, 0.05) is 17.1 Å². The van der Waals surface area contributed by atoms with E-state index in [0.717, 1.165) is 0 Å². The Balaban J connectivity index is 1.62. The highest BCUT2D eigenvalue weighted by Gasteiger charge is 2.25. The lowest BCUT2D eigenvalue weighted by atomic mass is 10.2. The molecule has 0 aliphatic heterocycles. The molecule has 2 aromatic carbocycles. The van der Waals surface area contributed by atoms with Crippen LogP contribution in [0.3, 0.4) is 0 Å². The second-order valence-electron chi connectivity index (χ2n) is 6.70. The van der Waals surface area contributed by atoms with E-state index in [1.165, 1.54) is 30.3 Å². The van der Waals surface area contributed by atoms with Gasteiger partial charge in [0.1, 0.15) is 5.69 Å². The van der Waals surface area contributed by atoms with Crippen molar-refractivity contribution in [3.8, 4) is 0 Å². The molecular weight excluding hydrogens is 462 g/mol. The van der Waals surface area contributed by atoms with Gasteiger partial charge in [-0.1, -0.05) is 11.6 Å². The van der Waals surface area contributed by atoms with Gasteiger partial charge < -0.3 is 5.32 Å². The normalized spacial score (nSPS) is 11.5. The molecule has 14 heteroatoms. The van der Waals surface area contributed by atoms with Crippen LogP contribution in [0.2, 0.25) is 5.02 Å². The van der Waals surface area contributed by atoms with E-state index in [1.807, 2.05) is 0 Å². The molecule has 0 saturated heterocycles. The molecular formula is C18H14ClN7O5S. The average molecular weight is 476 g/mol. The SMILES string of the molecule is Cc1cc(C)nc(NS(=O)(=O)c2ccc(Nc3cc(Cl)c4nonc4c3[N+](=O)[O-])cc2)n1. The van der Waals surface area contributed by atoms with Gasteiger partial charge in [-0.2, -0.15) is 0 Å². The van der Waals surface area contributed by atoms with Crippen molar-refractivity contribution in [2.45, 2.75) is 18.7 Å². The molecule has 0 bridgehead atoms. The fraction of sp³-hybridized carbons (Fsp3) is 0.111. The first kappa shape index (κ1) is 21.4. The number of aromatic nitrogens is 4. The highest BCUT2D eigenvalue weighted by atomic mass is 35.5. The number of anilines is 3. The number of nitrogens with zero attached hydrogens (tertiary/aromatic N) is 5. The van der Waals surface area contributed by atoms with Crippen LogP contribution in [-0.2, 0) is 10.0 Å². The minimum absolute atomic E-state index is 0.0375. The van der Waals surface area contributed by atoms with E-state index in [-0.39, 0.29) is 38.3 Å². The molecule has 2 N–H and O–H groups in total. The maximum Gasteiger partial charge on any atom is 0.324 e. The number of nitro groups is 1. The van der Waals surface area contributed by atoms with Crippen LogP contribution in [-0.4, -0.2) is 33.6 Å². The van der Waals surface area contributed by atoms with Crippen molar-refractivity contribution in [2.75, 3.05) is 10.0 Å². The predicted molar refractivity (Wildman–Crippen MR) is 116 cm³/mol. The molecule has 2 aromatic heterocycles. The van der Waals surface area contributed by atoms with Crippen molar-refractivity contribution < 1.29 is 18.0 Å². The first-order valence-corrected chi connectivity index (χ1v) is 10.8. The molecule has 32 heavy (non-hydrogen) atoms. The molecule has 0 atom stereocenters. The van der Waals surface area contributed by atoms with E-state index >= 15 is 0 Å². The highest BCUT2D eigenvalue weighted by molar-refractivity contribution is 7.92. The van der Waals surface area contributed by atoms with Crippen molar-refractivity contribution in [1.29, 1.82) is 0 Å². The van der Waals surface area contributed by atoms with E-state index in [2.05, 4.69) is 34.9 Å². The Morgan fingerprint density at radius 1 is 1.03 bits per heavy atom. The first-order chi connectivity index (χ1) is 15.1. The highest BCUT2D eigenvalue weighted by Crippen LogP contribution is 2.38. The Kier molecular flexibility index (Phi) is 5.36. The summed E-state index contributed by atoms with van der Waals surface area (Å²) in [6.45, 7) is 3.45. The second-order valence-corrected chi connectivity index (χ2v) is 8.79. The fourth-order valence-corrected chi connectivity index (χ4v) is 4.17. The van der Waals surface area contributed by atoms with Gasteiger partial charge in [0.05, 0.1) is 14.8 Å². The van der Waals surface area contributed by atoms with E-state index < -0.39 is 14.9 Å². The van der Waals surface area contributed by atoms with Gasteiger partial charge in [0.15, 0.2) is 5.52 Å². The number of nitrogens with one attached hydrogen (secondary N) is 2. The third-order valence-electron chi connectivity index (χ3n) is 4.30. The molecule has 4 rings (SSSR count). The summed E-state index contributed by atoms with van der Waals surface area (Å²) in [6.07, 6.45) is 0. The number of aryl methyl sites for hydroxylation is 2. The zero-order valence-corrected chi connectivity index (χ0v) is 18.1. The Bertz CT molecular complexity index is 1430. The van der Waals surface area contributed by atoms with Crippen molar-refractivity contribution in [3.63, 3.8) is 0 Å². The van der Waals surface area contributed by atoms with Gasteiger partial charge in [-0.25, -0.2) is 27.7 Å². The third-order valence-corrected chi connectivity index (χ3v) is 5.93. The molecule has 0 saturated carbocycles. The van der Waals surface area contributed by atoms with E-state index in [4.69, 9.17) is 11.6 Å². The minimum Gasteiger partial charge on any atom is -0.350 e. The van der Waals surface area contributed by atoms with Crippen LogP contribution in [0, 0.1) is 24.0 Å². The van der Waals surface area contributed by atoms with Crippen LogP contribution >= 0.6 is 11.6 Å². The van der Waals surface area contributed by atoms with Crippen LogP contribution < -0.4 is 10.0 Å². The second kappa shape index (κ2) is 8.01. The zero-order valence-electron chi connectivity index (χ0n) is 16.5. The standard InChI is InChI=1S/C18H14ClN7O5S/c1-9-7-10(2)21-18(20-9)25-32(29,30)12-5-3-11(4-6-12)22-14-8-13(19)15-16(24-31-23-15)17(14)26(27)28/h3-8,22H,1-2H3,(H,20,21,25). The summed E-state index contributed by atoms with van der Waals surface area (Å²) in [5.74, 6) is -0.0375. The topological polar surface area (TPSA) is 166 Å². The molecule has 0 radical (unpaired) electrons. The molecule has 2 heterocycles. The van der Waals surface area contributed by atoms with E-state index in [9.17, 15) is 18.5 Å². The minimum atomic E-state index is -3.95. The van der Waals surface area contributed by atoms with E-state index in [1.54, 1.807) is 19.9 Å². The molecule has 0 unspecified atom stereocenters. The lowest BCUT2D eigenvalue weighted by Crippen LogP contribution is -2.15. The molecule has 0 amide bonds. The van der Waals surface area contributed by atoms with Crippen molar-refractivity contribution in [2.24, 2.45) is 0 Å². The maximum absolute atomic E-state index is 12.7. The van der Waals surface area contributed by atoms with E-state index in [0.29, 0.717) is 17.1 Å². The zero-order chi connectivity index (χ0) is 23.0. The summed E-state index contributed by atoms with van der Waals surface area (Å²) in [5, 5.41) is 21.6. The number of rotatable bonds is 6. The third kappa shape index (κ3) is 4.15. The van der Waals surface area contributed by atoms with Gasteiger partial charge in [-0.05, 0) is 60.6 Å². The van der Waals surface area contributed by atoms with Crippen LogP contribution in [0.1, 0.15) is 11.4 Å².